The summed E-state index contributed by atoms with van der Waals surface area (Å²) in [4.78, 5) is 50.2. The number of rotatable bonds is 11. The molecule has 2 saturated heterocycles. The van der Waals surface area contributed by atoms with Crippen molar-refractivity contribution in [2.45, 2.75) is 110 Å². The minimum atomic E-state index is -0.811. The zero-order chi connectivity index (χ0) is 26.2. The van der Waals surface area contributed by atoms with Crippen LogP contribution in [0.25, 0.3) is 0 Å². The van der Waals surface area contributed by atoms with E-state index in [4.69, 9.17) is 15.3 Å². The summed E-state index contributed by atoms with van der Waals surface area (Å²) < 4.78 is 5.76. The Morgan fingerprint density at radius 3 is 2.47 bits per heavy atom. The summed E-state index contributed by atoms with van der Waals surface area (Å²) in [6, 6.07) is -0.626. The van der Waals surface area contributed by atoms with Crippen molar-refractivity contribution in [3.63, 3.8) is 0 Å². The second-order valence-electron chi connectivity index (χ2n) is 11.4. The monoisotopic (exact) mass is 508 g/mol. The number of hydroxylamine groups is 2. The highest BCUT2D eigenvalue weighted by Gasteiger charge is 2.53. The molecule has 0 bridgehead atoms. The van der Waals surface area contributed by atoms with E-state index in [1.165, 1.54) is 24.3 Å². The first-order valence-electron chi connectivity index (χ1n) is 14.2. The van der Waals surface area contributed by atoms with Gasteiger partial charge in [0, 0.05) is 6.54 Å². The molecule has 2 N–H and O–H groups in total. The molecule has 0 aromatic rings. The predicted octanol–water partition coefficient (Wildman–Crippen LogP) is 3.91. The van der Waals surface area contributed by atoms with E-state index in [1.807, 2.05) is 18.7 Å². The number of hydrogen-bond donors (Lipinski definition) is 1. The van der Waals surface area contributed by atoms with E-state index in [0.29, 0.717) is 44.4 Å². The van der Waals surface area contributed by atoms with E-state index in [2.05, 4.69) is 13.8 Å². The van der Waals surface area contributed by atoms with Crippen molar-refractivity contribution in [3.8, 4) is 0 Å². The standard InChI is InChI=1S/C27H48N4O5/c1-5-20(4)16-29-17-24-30(22(25(29)32)13-9-10-14-28)26(33)23(15-19(2)3)36-31(24)27(34)35-18-21-11-7-6-8-12-21/h19-24H,5-18,28H2,1-4H3/t20-,22-,23-,24-/m0/s1. The molecule has 1 aliphatic carbocycles. The summed E-state index contributed by atoms with van der Waals surface area (Å²) in [5.41, 5.74) is 5.72. The zero-order valence-electron chi connectivity index (χ0n) is 22.8. The number of nitrogens with two attached hydrogens (primary N) is 1. The van der Waals surface area contributed by atoms with E-state index >= 15 is 0 Å². The molecule has 3 fully saturated rings. The van der Waals surface area contributed by atoms with E-state index < -0.39 is 24.4 Å². The average molecular weight is 509 g/mol. The third-order valence-corrected chi connectivity index (χ3v) is 7.87. The van der Waals surface area contributed by atoms with Crippen molar-refractivity contribution >= 4 is 17.9 Å². The van der Waals surface area contributed by atoms with Crippen LogP contribution in [0.4, 0.5) is 4.79 Å². The lowest BCUT2D eigenvalue weighted by Gasteiger charge is -2.53. The fraction of sp³-hybridized carbons (Fsp3) is 0.889. The van der Waals surface area contributed by atoms with Crippen molar-refractivity contribution in [2.75, 3.05) is 26.2 Å². The van der Waals surface area contributed by atoms with Gasteiger partial charge in [-0.1, -0.05) is 53.4 Å². The van der Waals surface area contributed by atoms with Crippen LogP contribution < -0.4 is 5.73 Å². The Morgan fingerprint density at radius 2 is 1.83 bits per heavy atom. The Morgan fingerprint density at radius 1 is 1.11 bits per heavy atom. The summed E-state index contributed by atoms with van der Waals surface area (Å²) in [6.07, 6.45) is 7.09. The molecular formula is C27H48N4O5. The number of fused-ring (bicyclic) bond motifs is 1. The maximum Gasteiger partial charge on any atom is 0.436 e. The molecule has 206 valence electrons. The Balaban J connectivity index is 1.86. The van der Waals surface area contributed by atoms with Crippen LogP contribution in [0.15, 0.2) is 0 Å². The van der Waals surface area contributed by atoms with Crippen LogP contribution in [0.3, 0.4) is 0 Å². The Bertz CT molecular complexity index is 742. The van der Waals surface area contributed by atoms with Crippen LogP contribution in [0.2, 0.25) is 0 Å². The molecule has 3 amide bonds. The molecule has 2 aliphatic heterocycles. The first-order valence-corrected chi connectivity index (χ1v) is 14.2. The van der Waals surface area contributed by atoms with Gasteiger partial charge in [0.1, 0.15) is 6.04 Å². The number of amides is 3. The smallest absolute Gasteiger partial charge is 0.436 e. The van der Waals surface area contributed by atoms with Gasteiger partial charge in [0.25, 0.3) is 5.91 Å². The Hall–Kier alpha value is -1.87. The van der Waals surface area contributed by atoms with Gasteiger partial charge in [-0.15, -0.1) is 0 Å². The van der Waals surface area contributed by atoms with Crippen molar-refractivity contribution in [1.82, 2.24) is 14.9 Å². The lowest BCUT2D eigenvalue weighted by atomic mass is 9.90. The normalized spacial score (nSPS) is 26.4. The molecule has 0 spiro atoms. The summed E-state index contributed by atoms with van der Waals surface area (Å²) in [5, 5.41) is 1.27. The number of ether oxygens (including phenoxy) is 1. The third-order valence-electron chi connectivity index (χ3n) is 7.87. The SMILES string of the molecule is CC[C@H](C)CN1C[C@@H]2N(C(=O)OCC3CCCCC3)O[C@@H](CC(C)C)C(=O)N2[C@@H](CCCCN)C1=O. The molecule has 3 rings (SSSR count). The van der Waals surface area contributed by atoms with Gasteiger partial charge >= 0.3 is 6.09 Å². The number of unbranched alkanes of at least 4 members (excludes halogenated alkanes) is 1. The quantitative estimate of drug-likeness (QED) is 0.424. The first kappa shape index (κ1) is 28.7. The molecule has 2 heterocycles. The van der Waals surface area contributed by atoms with Crippen LogP contribution in [-0.4, -0.2) is 77.3 Å². The number of nitrogens with zero attached hydrogens (tertiary/aromatic N) is 3. The van der Waals surface area contributed by atoms with Gasteiger partial charge in [-0.05, 0) is 62.8 Å². The molecule has 0 aromatic carbocycles. The van der Waals surface area contributed by atoms with Crippen molar-refractivity contribution in [3.05, 3.63) is 0 Å². The molecule has 9 heteroatoms. The van der Waals surface area contributed by atoms with E-state index in [9.17, 15) is 14.4 Å². The van der Waals surface area contributed by atoms with Crippen LogP contribution in [0.1, 0.15) is 91.9 Å². The fourth-order valence-electron chi connectivity index (χ4n) is 5.58. The largest absolute Gasteiger partial charge is 0.448 e. The number of piperazine rings is 1. The van der Waals surface area contributed by atoms with Crippen molar-refractivity contribution in [2.24, 2.45) is 23.5 Å². The van der Waals surface area contributed by atoms with Gasteiger partial charge < -0.3 is 20.3 Å². The molecule has 4 atom stereocenters. The zero-order valence-corrected chi connectivity index (χ0v) is 22.8. The van der Waals surface area contributed by atoms with E-state index in [1.54, 1.807) is 4.90 Å². The van der Waals surface area contributed by atoms with E-state index in [0.717, 1.165) is 32.1 Å². The number of hydrogen-bond acceptors (Lipinski definition) is 6. The molecule has 9 nitrogen and oxygen atoms in total. The fourth-order valence-corrected chi connectivity index (χ4v) is 5.58. The highest BCUT2D eigenvalue weighted by atomic mass is 16.7. The number of carbonyl (C=O) groups excluding carboxylic acids is 3. The summed E-state index contributed by atoms with van der Waals surface area (Å²) in [6.45, 7) is 9.96. The first-order chi connectivity index (χ1) is 17.3. The maximum atomic E-state index is 13.7. The van der Waals surface area contributed by atoms with Crippen LogP contribution in [0, 0.1) is 17.8 Å². The van der Waals surface area contributed by atoms with Gasteiger partial charge in [0.15, 0.2) is 12.3 Å². The van der Waals surface area contributed by atoms with Crippen LogP contribution in [0.5, 0.6) is 0 Å². The van der Waals surface area contributed by atoms with Crippen molar-refractivity contribution < 1.29 is 24.0 Å². The number of carbonyl (C=O) groups is 3. The van der Waals surface area contributed by atoms with Gasteiger partial charge in [-0.25, -0.2) is 4.79 Å². The molecular weight excluding hydrogens is 460 g/mol. The second-order valence-corrected chi connectivity index (χ2v) is 11.4. The molecule has 1 saturated carbocycles. The Labute approximate surface area is 216 Å². The van der Waals surface area contributed by atoms with Gasteiger partial charge in [-0.3, -0.25) is 14.4 Å². The summed E-state index contributed by atoms with van der Waals surface area (Å²) >= 11 is 0. The summed E-state index contributed by atoms with van der Waals surface area (Å²) in [7, 11) is 0. The Kier molecular flexibility index (Phi) is 10.8. The molecule has 0 radical (unpaired) electrons. The minimum absolute atomic E-state index is 0.0439. The summed E-state index contributed by atoms with van der Waals surface area (Å²) in [5.74, 6) is 0.618. The lowest BCUT2D eigenvalue weighted by molar-refractivity contribution is -0.269. The van der Waals surface area contributed by atoms with Crippen LogP contribution in [-0.2, 0) is 19.2 Å². The van der Waals surface area contributed by atoms with Crippen LogP contribution >= 0.6 is 0 Å². The highest BCUT2D eigenvalue weighted by molar-refractivity contribution is 5.92. The molecule has 0 aromatic heterocycles. The van der Waals surface area contributed by atoms with Gasteiger partial charge in [0.05, 0.1) is 13.2 Å². The third kappa shape index (κ3) is 7.12. The molecule has 0 unspecified atom stereocenters. The van der Waals surface area contributed by atoms with Gasteiger partial charge in [-0.2, -0.15) is 5.06 Å². The minimum Gasteiger partial charge on any atom is -0.448 e. The molecule has 36 heavy (non-hydrogen) atoms. The average Bonchev–Trinajstić information content (AvgIpc) is 2.86. The lowest BCUT2D eigenvalue weighted by Crippen LogP contribution is -2.73. The molecule has 3 aliphatic rings. The second kappa shape index (κ2) is 13.6. The van der Waals surface area contributed by atoms with E-state index in [-0.39, 0.29) is 24.3 Å². The highest BCUT2D eigenvalue weighted by Crippen LogP contribution is 2.32. The van der Waals surface area contributed by atoms with Gasteiger partial charge in [0.2, 0.25) is 5.91 Å². The predicted molar refractivity (Wildman–Crippen MR) is 137 cm³/mol. The van der Waals surface area contributed by atoms with Crippen molar-refractivity contribution in [1.29, 1.82) is 0 Å². The maximum absolute atomic E-state index is 13.7. The topological polar surface area (TPSA) is 105 Å².